The lowest BCUT2D eigenvalue weighted by Gasteiger charge is -2.04. The van der Waals surface area contributed by atoms with Gasteiger partial charge in [-0.15, -0.1) is 0 Å². The van der Waals surface area contributed by atoms with Crippen molar-refractivity contribution in [2.45, 2.75) is 19.8 Å². The van der Waals surface area contributed by atoms with Crippen molar-refractivity contribution in [3.05, 3.63) is 82.4 Å². The zero-order chi connectivity index (χ0) is 15.9. The highest BCUT2D eigenvalue weighted by molar-refractivity contribution is 6.30. The quantitative estimate of drug-likeness (QED) is 0.642. The van der Waals surface area contributed by atoms with Gasteiger partial charge in [-0.25, -0.2) is 0 Å². The third-order valence-electron chi connectivity index (χ3n) is 3.35. The maximum atomic E-state index is 11.8. The highest BCUT2D eigenvalue weighted by Crippen LogP contribution is 2.15. The second-order valence-electron chi connectivity index (χ2n) is 5.44. The maximum absolute atomic E-state index is 11.8. The minimum Gasteiger partial charge on any atom is -0.290 e. The van der Waals surface area contributed by atoms with Gasteiger partial charge in [-0.05, 0) is 46.9 Å². The third kappa shape index (κ3) is 5.01. The van der Waals surface area contributed by atoms with Crippen LogP contribution >= 0.6 is 11.6 Å². The van der Waals surface area contributed by atoms with Crippen molar-refractivity contribution in [2.24, 2.45) is 0 Å². The summed E-state index contributed by atoms with van der Waals surface area (Å²) in [5.41, 5.74) is 3.27. The fraction of sp³-hybridized carbons (Fsp3) is 0.150. The predicted octanol–water partition coefficient (Wildman–Crippen LogP) is 5.76. The Morgan fingerprint density at radius 3 is 1.77 bits per heavy atom. The molecule has 0 fully saturated rings. The topological polar surface area (TPSA) is 17.1 Å². The van der Waals surface area contributed by atoms with E-state index in [4.69, 9.17) is 11.6 Å². The Kier molecular flexibility index (Phi) is 5.74. The monoisotopic (exact) mass is 310 g/mol. The summed E-state index contributed by atoms with van der Waals surface area (Å²) in [6.07, 6.45) is 6.75. The molecule has 2 aromatic rings. The van der Waals surface area contributed by atoms with Crippen LogP contribution in [0.25, 0.3) is 12.2 Å². The number of halogens is 1. The molecular formula is C20H19ClO. The van der Waals surface area contributed by atoms with Crippen LogP contribution in [0.1, 0.15) is 36.5 Å². The van der Waals surface area contributed by atoms with Crippen LogP contribution < -0.4 is 0 Å². The van der Waals surface area contributed by atoms with E-state index in [1.807, 2.05) is 30.3 Å². The van der Waals surface area contributed by atoms with Crippen molar-refractivity contribution in [2.75, 3.05) is 0 Å². The van der Waals surface area contributed by atoms with Crippen molar-refractivity contribution >= 4 is 29.5 Å². The number of carbonyl (C=O) groups excluding carboxylic acids is 1. The summed E-state index contributed by atoms with van der Waals surface area (Å²) >= 11 is 5.82. The predicted molar refractivity (Wildman–Crippen MR) is 95.1 cm³/mol. The molecule has 0 N–H and O–H groups in total. The van der Waals surface area contributed by atoms with E-state index in [-0.39, 0.29) is 5.78 Å². The molecule has 22 heavy (non-hydrogen) atoms. The van der Waals surface area contributed by atoms with Gasteiger partial charge in [0.25, 0.3) is 0 Å². The number of hydrogen-bond acceptors (Lipinski definition) is 1. The van der Waals surface area contributed by atoms with Crippen LogP contribution in [0.5, 0.6) is 0 Å². The van der Waals surface area contributed by atoms with Crippen LogP contribution in [0.3, 0.4) is 0 Å². The summed E-state index contributed by atoms with van der Waals surface area (Å²) in [5.74, 6) is 0.477. The minimum absolute atomic E-state index is 0.0390. The lowest BCUT2D eigenvalue weighted by Crippen LogP contribution is -1.87. The molecule has 0 radical (unpaired) electrons. The van der Waals surface area contributed by atoms with Crippen LogP contribution in [-0.2, 0) is 4.79 Å². The van der Waals surface area contributed by atoms with Crippen LogP contribution in [0.4, 0.5) is 0 Å². The molecule has 0 spiro atoms. The van der Waals surface area contributed by atoms with Crippen molar-refractivity contribution in [3.63, 3.8) is 0 Å². The first-order chi connectivity index (χ1) is 10.5. The fourth-order valence-electron chi connectivity index (χ4n) is 1.98. The molecule has 0 aromatic heterocycles. The first-order valence-electron chi connectivity index (χ1n) is 7.30. The number of ketones is 1. The van der Waals surface area contributed by atoms with E-state index in [9.17, 15) is 4.79 Å². The Hall–Kier alpha value is -2.12. The highest BCUT2D eigenvalue weighted by Gasteiger charge is 1.97. The first kappa shape index (κ1) is 16.3. The molecule has 0 bridgehead atoms. The van der Waals surface area contributed by atoms with Gasteiger partial charge in [0.2, 0.25) is 0 Å². The Bertz CT molecular complexity index is 677. The molecule has 0 amide bonds. The smallest absolute Gasteiger partial charge is 0.178 e. The molecule has 0 aliphatic heterocycles. The van der Waals surface area contributed by atoms with E-state index >= 15 is 0 Å². The van der Waals surface area contributed by atoms with Crippen molar-refractivity contribution in [1.82, 2.24) is 0 Å². The van der Waals surface area contributed by atoms with Crippen molar-refractivity contribution in [3.8, 4) is 0 Å². The van der Waals surface area contributed by atoms with E-state index in [2.05, 4.69) is 26.0 Å². The fourth-order valence-corrected chi connectivity index (χ4v) is 2.10. The summed E-state index contributed by atoms with van der Waals surface area (Å²) in [6, 6.07) is 15.6. The second-order valence-corrected chi connectivity index (χ2v) is 5.88. The van der Waals surface area contributed by atoms with Gasteiger partial charge in [-0.3, -0.25) is 4.79 Å². The van der Waals surface area contributed by atoms with Crippen LogP contribution in [0.15, 0.2) is 60.7 Å². The number of carbonyl (C=O) groups is 1. The molecule has 2 rings (SSSR count). The molecule has 0 saturated carbocycles. The number of hydrogen-bond donors (Lipinski definition) is 0. The molecular weight excluding hydrogens is 292 g/mol. The normalized spacial score (nSPS) is 11.6. The van der Waals surface area contributed by atoms with Gasteiger partial charge in [0.05, 0.1) is 0 Å². The number of benzene rings is 2. The molecule has 2 aromatic carbocycles. The molecule has 0 aliphatic carbocycles. The molecule has 2 heteroatoms. The summed E-state index contributed by atoms with van der Waals surface area (Å²) in [7, 11) is 0. The lowest BCUT2D eigenvalue weighted by molar-refractivity contribution is -0.110. The van der Waals surface area contributed by atoms with E-state index in [0.717, 1.165) is 11.1 Å². The van der Waals surface area contributed by atoms with E-state index in [1.54, 1.807) is 30.4 Å². The third-order valence-corrected chi connectivity index (χ3v) is 3.61. The zero-order valence-electron chi connectivity index (χ0n) is 12.8. The van der Waals surface area contributed by atoms with E-state index in [1.165, 1.54) is 5.56 Å². The van der Waals surface area contributed by atoms with Crippen LogP contribution in [0, 0.1) is 0 Å². The van der Waals surface area contributed by atoms with Gasteiger partial charge in [-0.2, -0.15) is 0 Å². The summed E-state index contributed by atoms with van der Waals surface area (Å²) < 4.78 is 0. The Morgan fingerprint density at radius 2 is 1.32 bits per heavy atom. The zero-order valence-corrected chi connectivity index (χ0v) is 13.5. The average molecular weight is 311 g/mol. The first-order valence-corrected chi connectivity index (χ1v) is 7.68. The maximum Gasteiger partial charge on any atom is 0.178 e. The minimum atomic E-state index is -0.0390. The summed E-state index contributed by atoms with van der Waals surface area (Å²) in [5, 5.41) is 0.688. The lowest BCUT2D eigenvalue weighted by atomic mass is 10.0. The second kappa shape index (κ2) is 7.77. The Morgan fingerprint density at radius 1 is 0.864 bits per heavy atom. The largest absolute Gasteiger partial charge is 0.290 e. The SMILES string of the molecule is CC(C)c1ccc(/C=C/C(=O)/C=C/c2ccc(Cl)cc2)cc1. The molecule has 0 saturated heterocycles. The van der Waals surface area contributed by atoms with Gasteiger partial charge >= 0.3 is 0 Å². The summed E-state index contributed by atoms with van der Waals surface area (Å²) in [6.45, 7) is 4.33. The highest BCUT2D eigenvalue weighted by atomic mass is 35.5. The molecule has 1 nitrogen and oxygen atoms in total. The Balaban J connectivity index is 1.97. The van der Waals surface area contributed by atoms with Crippen LogP contribution in [-0.4, -0.2) is 5.78 Å². The van der Waals surface area contributed by atoms with E-state index < -0.39 is 0 Å². The van der Waals surface area contributed by atoms with Gasteiger partial charge in [0.1, 0.15) is 0 Å². The van der Waals surface area contributed by atoms with E-state index in [0.29, 0.717) is 10.9 Å². The van der Waals surface area contributed by atoms with Crippen molar-refractivity contribution in [1.29, 1.82) is 0 Å². The standard InChI is InChI=1S/C20H19ClO/c1-15(2)18-9-3-16(4-10-18)7-13-20(22)14-8-17-5-11-19(21)12-6-17/h3-15H,1-2H3/b13-7+,14-8+. The van der Waals surface area contributed by atoms with Crippen molar-refractivity contribution < 1.29 is 4.79 Å². The molecule has 112 valence electrons. The van der Waals surface area contributed by atoms with Gasteiger partial charge < -0.3 is 0 Å². The van der Waals surface area contributed by atoms with Gasteiger partial charge in [0, 0.05) is 5.02 Å². The number of rotatable bonds is 5. The molecule has 0 heterocycles. The molecule has 0 atom stereocenters. The molecule has 0 unspecified atom stereocenters. The van der Waals surface area contributed by atoms with Gasteiger partial charge in [0.15, 0.2) is 5.78 Å². The molecule has 0 aliphatic rings. The number of allylic oxidation sites excluding steroid dienone is 2. The Labute approximate surface area is 136 Å². The van der Waals surface area contributed by atoms with Crippen LogP contribution in [0.2, 0.25) is 5.02 Å². The summed E-state index contributed by atoms with van der Waals surface area (Å²) in [4.78, 5) is 11.8. The van der Waals surface area contributed by atoms with Gasteiger partial charge in [-0.1, -0.05) is 74.0 Å². The average Bonchev–Trinajstić information content (AvgIpc) is 2.52.